The Kier molecular flexibility index (Phi) is 3.60. The molecule has 3 aliphatic heterocycles. The van der Waals surface area contributed by atoms with E-state index in [4.69, 9.17) is 0 Å². The maximum Gasteiger partial charge on any atom is 0.103 e. The predicted octanol–water partition coefficient (Wildman–Crippen LogP) is 0.982. The third-order valence-corrected chi connectivity index (χ3v) is 4.36. The monoisotopic (exact) mass is 271 g/mol. The van der Waals surface area contributed by atoms with Crippen LogP contribution in [0, 0.1) is 25.2 Å². The van der Waals surface area contributed by atoms with Gasteiger partial charge >= 0.3 is 0 Å². The molecule has 106 valence electrons. The zero-order valence-electron chi connectivity index (χ0n) is 12.2. The molecule has 0 spiro atoms. The summed E-state index contributed by atoms with van der Waals surface area (Å²) in [7, 11) is 0. The van der Waals surface area contributed by atoms with E-state index in [0.717, 1.165) is 30.2 Å². The highest BCUT2D eigenvalue weighted by molar-refractivity contribution is 5.59. The Balaban J connectivity index is 1.71. The third kappa shape index (κ3) is 2.49. The fourth-order valence-electron chi connectivity index (χ4n) is 3.26. The normalized spacial score (nSPS) is 28.1. The summed E-state index contributed by atoms with van der Waals surface area (Å²) < 4.78 is 0. The Morgan fingerprint density at radius 2 is 2.10 bits per heavy atom. The fraction of sp³-hybridized carbons (Fsp3) is 0.600. The average molecular weight is 271 g/mol. The first-order valence-corrected chi connectivity index (χ1v) is 7.26. The number of rotatable bonds is 3. The minimum Gasteiger partial charge on any atom is -0.382 e. The van der Waals surface area contributed by atoms with Gasteiger partial charge in [0.25, 0.3) is 0 Å². The number of nitrogens with zero attached hydrogens (tertiary/aromatic N) is 4. The van der Waals surface area contributed by atoms with E-state index in [2.05, 4.69) is 26.2 Å². The number of piperazine rings is 3. The number of anilines is 1. The fourth-order valence-corrected chi connectivity index (χ4v) is 3.26. The molecule has 1 atom stereocenters. The molecule has 5 heteroatoms. The van der Waals surface area contributed by atoms with Crippen LogP contribution in [0.15, 0.2) is 6.07 Å². The molecule has 4 rings (SSSR count). The van der Waals surface area contributed by atoms with Crippen LogP contribution in [-0.4, -0.2) is 60.1 Å². The van der Waals surface area contributed by atoms with Crippen LogP contribution < -0.4 is 5.32 Å². The molecule has 4 heterocycles. The molecule has 0 saturated carbocycles. The van der Waals surface area contributed by atoms with E-state index in [1.807, 2.05) is 19.9 Å². The summed E-state index contributed by atoms with van der Waals surface area (Å²) in [6.07, 6.45) is 0. The lowest BCUT2D eigenvalue weighted by Crippen LogP contribution is -2.62. The number of nitriles is 1. The topological polar surface area (TPSA) is 55.2 Å². The number of pyridine rings is 1. The number of aryl methyl sites for hydroxylation is 2. The molecule has 3 saturated heterocycles. The van der Waals surface area contributed by atoms with Crippen molar-refractivity contribution in [3.63, 3.8) is 0 Å². The summed E-state index contributed by atoms with van der Waals surface area (Å²) in [6, 6.07) is 4.79. The number of hydrogen-bond donors (Lipinski definition) is 1. The molecule has 1 unspecified atom stereocenters. The molecule has 1 aromatic heterocycles. The highest BCUT2D eigenvalue weighted by Crippen LogP contribution is 2.21. The number of nitrogens with one attached hydrogen (secondary N) is 1. The highest BCUT2D eigenvalue weighted by Gasteiger charge is 2.31. The van der Waals surface area contributed by atoms with Gasteiger partial charge in [-0.2, -0.15) is 5.26 Å². The van der Waals surface area contributed by atoms with Gasteiger partial charge in [-0.1, -0.05) is 0 Å². The molecule has 5 nitrogen and oxygen atoms in total. The Morgan fingerprint density at radius 1 is 1.35 bits per heavy atom. The van der Waals surface area contributed by atoms with Gasteiger partial charge in [-0.3, -0.25) is 14.8 Å². The Labute approximate surface area is 120 Å². The van der Waals surface area contributed by atoms with Crippen molar-refractivity contribution < 1.29 is 0 Å². The van der Waals surface area contributed by atoms with Crippen molar-refractivity contribution in [1.82, 2.24) is 14.8 Å². The Hall–Kier alpha value is -1.64. The molecule has 0 aliphatic carbocycles. The zero-order valence-corrected chi connectivity index (χ0v) is 12.2. The van der Waals surface area contributed by atoms with Gasteiger partial charge in [0, 0.05) is 51.0 Å². The van der Waals surface area contributed by atoms with Crippen LogP contribution in [0.4, 0.5) is 5.69 Å². The summed E-state index contributed by atoms with van der Waals surface area (Å²) in [6.45, 7) is 10.6. The van der Waals surface area contributed by atoms with E-state index in [1.54, 1.807) is 0 Å². The lowest BCUT2D eigenvalue weighted by molar-refractivity contribution is 0.0189. The summed E-state index contributed by atoms with van der Waals surface area (Å²) in [5.74, 6) is 0. The molecule has 2 bridgehead atoms. The minimum absolute atomic E-state index is 0.554. The predicted molar refractivity (Wildman–Crippen MR) is 78.7 cm³/mol. The maximum atomic E-state index is 9.28. The Morgan fingerprint density at radius 3 is 2.70 bits per heavy atom. The van der Waals surface area contributed by atoms with E-state index in [0.29, 0.717) is 11.6 Å². The van der Waals surface area contributed by atoms with Gasteiger partial charge in [0.05, 0.1) is 16.9 Å². The number of aromatic nitrogens is 1. The SMILES string of the molecule is Cc1cc(NCC2CN3CCN2CC3)c(C#N)c(C)n1. The second-order valence-electron chi connectivity index (χ2n) is 5.75. The van der Waals surface area contributed by atoms with Crippen molar-refractivity contribution in [3.05, 3.63) is 23.0 Å². The highest BCUT2D eigenvalue weighted by atomic mass is 15.3. The summed E-state index contributed by atoms with van der Waals surface area (Å²) in [4.78, 5) is 9.44. The molecule has 3 fully saturated rings. The average Bonchev–Trinajstić information content (AvgIpc) is 2.46. The smallest absolute Gasteiger partial charge is 0.103 e. The van der Waals surface area contributed by atoms with Gasteiger partial charge in [-0.15, -0.1) is 0 Å². The molecule has 0 aromatic carbocycles. The van der Waals surface area contributed by atoms with Crippen LogP contribution in [0.5, 0.6) is 0 Å². The van der Waals surface area contributed by atoms with Crippen LogP contribution in [0.25, 0.3) is 0 Å². The standard InChI is InChI=1S/C15H21N5/c1-11-7-15(14(8-16)12(2)18-11)17-9-13-10-19-3-5-20(13)6-4-19/h7,13H,3-6,9-10H2,1-2H3,(H,17,18). The van der Waals surface area contributed by atoms with Crippen molar-refractivity contribution in [2.24, 2.45) is 0 Å². The van der Waals surface area contributed by atoms with E-state index in [9.17, 15) is 5.26 Å². The van der Waals surface area contributed by atoms with Crippen molar-refractivity contribution >= 4 is 5.69 Å². The third-order valence-electron chi connectivity index (χ3n) is 4.36. The van der Waals surface area contributed by atoms with Crippen LogP contribution >= 0.6 is 0 Å². The first-order valence-electron chi connectivity index (χ1n) is 7.26. The number of fused-ring (bicyclic) bond motifs is 3. The van der Waals surface area contributed by atoms with Gasteiger partial charge in [0.15, 0.2) is 0 Å². The molecule has 0 radical (unpaired) electrons. The van der Waals surface area contributed by atoms with Crippen LogP contribution in [0.3, 0.4) is 0 Å². The molecule has 1 aromatic rings. The van der Waals surface area contributed by atoms with E-state index >= 15 is 0 Å². The maximum absolute atomic E-state index is 9.28. The molecule has 3 aliphatic rings. The largest absolute Gasteiger partial charge is 0.382 e. The first kappa shape index (κ1) is 13.3. The Bertz CT molecular complexity index is 540. The summed E-state index contributed by atoms with van der Waals surface area (Å²) in [5, 5.41) is 12.8. The summed E-state index contributed by atoms with van der Waals surface area (Å²) >= 11 is 0. The quantitative estimate of drug-likeness (QED) is 0.888. The van der Waals surface area contributed by atoms with E-state index < -0.39 is 0 Å². The van der Waals surface area contributed by atoms with Crippen LogP contribution in [0.1, 0.15) is 17.0 Å². The van der Waals surface area contributed by atoms with Crippen molar-refractivity contribution in [1.29, 1.82) is 5.26 Å². The van der Waals surface area contributed by atoms with Crippen LogP contribution in [-0.2, 0) is 0 Å². The molecular formula is C15H21N5. The van der Waals surface area contributed by atoms with Gasteiger partial charge in [0.1, 0.15) is 6.07 Å². The van der Waals surface area contributed by atoms with Gasteiger partial charge in [-0.05, 0) is 19.9 Å². The van der Waals surface area contributed by atoms with Crippen molar-refractivity contribution in [3.8, 4) is 6.07 Å². The second kappa shape index (κ2) is 5.39. The van der Waals surface area contributed by atoms with Crippen molar-refractivity contribution in [2.75, 3.05) is 44.6 Å². The van der Waals surface area contributed by atoms with Gasteiger partial charge < -0.3 is 5.32 Å². The van der Waals surface area contributed by atoms with E-state index in [1.165, 1.54) is 26.2 Å². The van der Waals surface area contributed by atoms with Crippen molar-refractivity contribution in [2.45, 2.75) is 19.9 Å². The molecular weight excluding hydrogens is 250 g/mol. The van der Waals surface area contributed by atoms with Gasteiger partial charge in [-0.25, -0.2) is 0 Å². The molecule has 0 amide bonds. The molecule has 1 N–H and O–H groups in total. The molecule has 20 heavy (non-hydrogen) atoms. The lowest BCUT2D eigenvalue weighted by Gasteiger charge is -2.47. The second-order valence-corrected chi connectivity index (χ2v) is 5.75. The lowest BCUT2D eigenvalue weighted by atomic mass is 10.1. The van der Waals surface area contributed by atoms with Gasteiger partial charge in [0.2, 0.25) is 0 Å². The minimum atomic E-state index is 0.554. The van der Waals surface area contributed by atoms with Crippen LogP contribution in [0.2, 0.25) is 0 Å². The first-order chi connectivity index (χ1) is 9.67. The zero-order chi connectivity index (χ0) is 14.1. The van der Waals surface area contributed by atoms with E-state index in [-0.39, 0.29) is 0 Å². The number of hydrogen-bond acceptors (Lipinski definition) is 5. The summed E-state index contributed by atoms with van der Waals surface area (Å²) in [5.41, 5.74) is 3.37.